The van der Waals surface area contributed by atoms with Gasteiger partial charge in [-0.25, -0.2) is 9.37 Å². The molecule has 2 aromatic heterocycles. The molecule has 0 saturated heterocycles. The summed E-state index contributed by atoms with van der Waals surface area (Å²) in [4.78, 5) is 20.5. The van der Waals surface area contributed by atoms with Crippen molar-refractivity contribution in [3.8, 4) is 28.5 Å². The lowest BCUT2D eigenvalue weighted by atomic mass is 10.2. The van der Waals surface area contributed by atoms with Crippen molar-refractivity contribution in [1.29, 1.82) is 0 Å². The van der Waals surface area contributed by atoms with Crippen LogP contribution in [0, 0.1) is 5.82 Å². The van der Waals surface area contributed by atoms with Gasteiger partial charge in [0.2, 0.25) is 5.82 Å². The van der Waals surface area contributed by atoms with Crippen LogP contribution in [0.4, 0.5) is 4.39 Å². The number of hydrogen-bond acceptors (Lipinski definition) is 8. The number of carbonyl (C=O) groups excluding carboxylic acids is 1. The average molecular weight is 437 g/mol. The van der Waals surface area contributed by atoms with Gasteiger partial charge < -0.3 is 18.4 Å². The molecule has 0 aliphatic carbocycles. The second-order valence-electron chi connectivity index (χ2n) is 6.73. The van der Waals surface area contributed by atoms with Crippen LogP contribution in [0.1, 0.15) is 25.1 Å². The summed E-state index contributed by atoms with van der Waals surface area (Å²) in [7, 11) is 0. The first-order valence-electron chi connectivity index (χ1n) is 10.0. The first-order chi connectivity index (χ1) is 15.6. The molecule has 4 rings (SSSR count). The highest BCUT2D eigenvalue weighted by atomic mass is 19.1. The van der Waals surface area contributed by atoms with Crippen molar-refractivity contribution in [2.24, 2.45) is 0 Å². The predicted molar refractivity (Wildman–Crippen MR) is 111 cm³/mol. The summed E-state index contributed by atoms with van der Waals surface area (Å²) < 4.78 is 34.6. The molecular formula is C23H20FN3O5. The molecule has 164 valence electrons. The number of aryl methyl sites for hydroxylation is 1. The molecule has 0 aliphatic rings. The topological polar surface area (TPSA) is 100 Å². The highest BCUT2D eigenvalue weighted by molar-refractivity contribution is 5.69. The Morgan fingerprint density at radius 1 is 1.09 bits per heavy atom. The number of oxazole rings is 1. The monoisotopic (exact) mass is 437 g/mol. The Balaban J connectivity index is 1.29. The van der Waals surface area contributed by atoms with Crippen LogP contribution in [-0.4, -0.2) is 27.7 Å². The first kappa shape index (κ1) is 21.2. The van der Waals surface area contributed by atoms with Crippen LogP contribution in [0.3, 0.4) is 0 Å². The number of hydrogen-bond donors (Lipinski definition) is 0. The normalized spacial score (nSPS) is 10.8. The van der Waals surface area contributed by atoms with E-state index in [2.05, 4.69) is 15.1 Å². The summed E-state index contributed by atoms with van der Waals surface area (Å²) in [6.45, 7) is 2.25. The van der Waals surface area contributed by atoms with Gasteiger partial charge in [-0.15, -0.1) is 0 Å². The van der Waals surface area contributed by atoms with Crippen LogP contribution in [-0.2, 0) is 22.6 Å². The number of ether oxygens (including phenoxy) is 2. The molecule has 32 heavy (non-hydrogen) atoms. The molecule has 0 bridgehead atoms. The van der Waals surface area contributed by atoms with Gasteiger partial charge in [0.15, 0.2) is 18.3 Å². The molecule has 0 N–H and O–H groups in total. The van der Waals surface area contributed by atoms with Gasteiger partial charge in [0.1, 0.15) is 11.6 Å². The van der Waals surface area contributed by atoms with E-state index in [0.29, 0.717) is 41.0 Å². The fraction of sp³-hybridized carbons (Fsp3) is 0.217. The number of nitrogens with zero attached hydrogens (tertiary/aromatic N) is 3. The number of carbonyl (C=O) groups is 1. The van der Waals surface area contributed by atoms with Gasteiger partial charge in [-0.3, -0.25) is 4.79 Å². The van der Waals surface area contributed by atoms with E-state index < -0.39 is 5.97 Å². The highest BCUT2D eigenvalue weighted by Crippen LogP contribution is 2.27. The molecule has 4 aromatic rings. The van der Waals surface area contributed by atoms with E-state index >= 15 is 0 Å². The Morgan fingerprint density at radius 3 is 2.72 bits per heavy atom. The maximum Gasteiger partial charge on any atom is 0.306 e. The fourth-order valence-electron chi connectivity index (χ4n) is 2.95. The molecule has 9 heteroatoms. The zero-order valence-corrected chi connectivity index (χ0v) is 17.3. The lowest BCUT2D eigenvalue weighted by molar-refractivity contribution is -0.145. The fourth-order valence-corrected chi connectivity index (χ4v) is 2.95. The number of halogens is 1. The molecule has 0 amide bonds. The summed E-state index contributed by atoms with van der Waals surface area (Å²) in [5.74, 6) is 1.27. The minimum absolute atomic E-state index is 0.0670. The zero-order valence-electron chi connectivity index (χ0n) is 17.3. The molecule has 0 spiro atoms. The Morgan fingerprint density at radius 2 is 1.91 bits per heavy atom. The van der Waals surface area contributed by atoms with Crippen LogP contribution in [0.15, 0.2) is 63.7 Å². The molecule has 0 unspecified atom stereocenters. The van der Waals surface area contributed by atoms with Gasteiger partial charge in [-0.1, -0.05) is 17.3 Å². The number of aromatic nitrogens is 3. The minimum Gasteiger partial charge on any atom is -0.493 e. The van der Waals surface area contributed by atoms with Gasteiger partial charge >= 0.3 is 5.97 Å². The number of para-hydroxylation sites is 1. The number of esters is 1. The summed E-state index contributed by atoms with van der Waals surface area (Å²) in [5, 5.41) is 3.93. The van der Waals surface area contributed by atoms with Crippen molar-refractivity contribution in [2.45, 2.75) is 26.4 Å². The molecule has 8 nitrogen and oxygen atoms in total. The number of benzene rings is 2. The second-order valence-corrected chi connectivity index (χ2v) is 6.73. The van der Waals surface area contributed by atoms with Crippen molar-refractivity contribution in [2.75, 3.05) is 6.61 Å². The van der Waals surface area contributed by atoms with Gasteiger partial charge in [-0.05, 0) is 43.3 Å². The lowest BCUT2D eigenvalue weighted by Gasteiger charge is -2.06. The maximum atomic E-state index is 13.0. The van der Waals surface area contributed by atoms with Gasteiger partial charge in [0, 0.05) is 12.0 Å². The average Bonchev–Trinajstić information content (AvgIpc) is 3.47. The van der Waals surface area contributed by atoms with Crippen molar-refractivity contribution in [1.82, 2.24) is 15.1 Å². The Hall–Kier alpha value is -4.01. The number of rotatable bonds is 9. The summed E-state index contributed by atoms with van der Waals surface area (Å²) in [6, 6.07) is 13.2. The van der Waals surface area contributed by atoms with Crippen LogP contribution in [0.2, 0.25) is 0 Å². The Kier molecular flexibility index (Phi) is 6.54. The van der Waals surface area contributed by atoms with Crippen LogP contribution in [0.25, 0.3) is 22.7 Å². The van der Waals surface area contributed by atoms with E-state index in [-0.39, 0.29) is 31.2 Å². The molecule has 2 aromatic carbocycles. The van der Waals surface area contributed by atoms with E-state index in [1.807, 2.05) is 31.2 Å². The first-order valence-corrected chi connectivity index (χ1v) is 10.0. The standard InChI is InChI=1S/C23H20FN3O5/c1-2-29-18-6-4-3-5-17(18)23-26-21(32-27-23)14-30-22(28)12-11-20-25-13-19(31-20)15-7-9-16(24)10-8-15/h3-10,13H,2,11-12,14H2,1H3. The van der Waals surface area contributed by atoms with Crippen molar-refractivity contribution < 1.29 is 27.6 Å². The maximum absolute atomic E-state index is 13.0. The predicted octanol–water partition coefficient (Wildman–Crippen LogP) is 4.61. The molecular weight excluding hydrogens is 417 g/mol. The molecule has 0 saturated carbocycles. The van der Waals surface area contributed by atoms with E-state index in [0.717, 1.165) is 0 Å². The lowest BCUT2D eigenvalue weighted by Crippen LogP contribution is -2.06. The quantitative estimate of drug-likeness (QED) is 0.350. The highest BCUT2D eigenvalue weighted by Gasteiger charge is 2.15. The van der Waals surface area contributed by atoms with E-state index in [1.54, 1.807) is 12.1 Å². The third-order valence-electron chi connectivity index (χ3n) is 4.48. The SMILES string of the molecule is CCOc1ccccc1-c1noc(COC(=O)CCc2ncc(-c3ccc(F)cc3)o2)n1. The van der Waals surface area contributed by atoms with Crippen molar-refractivity contribution >= 4 is 5.97 Å². The minimum atomic E-state index is -0.457. The molecule has 0 radical (unpaired) electrons. The van der Waals surface area contributed by atoms with Crippen LogP contribution < -0.4 is 4.74 Å². The third kappa shape index (κ3) is 5.18. The summed E-state index contributed by atoms with van der Waals surface area (Å²) in [6.07, 6.45) is 1.86. The van der Waals surface area contributed by atoms with Gasteiger partial charge in [0.25, 0.3) is 5.89 Å². The summed E-state index contributed by atoms with van der Waals surface area (Å²) >= 11 is 0. The third-order valence-corrected chi connectivity index (χ3v) is 4.48. The van der Waals surface area contributed by atoms with E-state index in [9.17, 15) is 9.18 Å². The van der Waals surface area contributed by atoms with Gasteiger partial charge in [-0.2, -0.15) is 4.98 Å². The van der Waals surface area contributed by atoms with Crippen molar-refractivity contribution in [3.05, 3.63) is 72.3 Å². The van der Waals surface area contributed by atoms with Crippen LogP contribution >= 0.6 is 0 Å². The Bertz CT molecular complexity index is 1190. The smallest absolute Gasteiger partial charge is 0.306 e. The van der Waals surface area contributed by atoms with E-state index in [4.69, 9.17) is 18.4 Å². The van der Waals surface area contributed by atoms with Gasteiger partial charge in [0.05, 0.1) is 24.8 Å². The summed E-state index contributed by atoms with van der Waals surface area (Å²) in [5.41, 5.74) is 1.39. The van der Waals surface area contributed by atoms with Crippen LogP contribution in [0.5, 0.6) is 5.75 Å². The van der Waals surface area contributed by atoms with E-state index in [1.165, 1.54) is 18.3 Å². The molecule has 0 atom stereocenters. The largest absolute Gasteiger partial charge is 0.493 e. The Labute approximate surface area is 183 Å². The zero-order chi connectivity index (χ0) is 22.3. The molecule has 2 heterocycles. The molecule has 0 fully saturated rings. The van der Waals surface area contributed by atoms with Crippen molar-refractivity contribution in [3.63, 3.8) is 0 Å². The second kappa shape index (κ2) is 9.86. The molecule has 0 aliphatic heterocycles.